The highest BCUT2D eigenvalue weighted by molar-refractivity contribution is 7.99. The van der Waals surface area contributed by atoms with Crippen LogP contribution in [0.5, 0.6) is 5.75 Å². The first-order chi connectivity index (χ1) is 10.6. The lowest BCUT2D eigenvalue weighted by atomic mass is 10.2. The minimum absolute atomic E-state index is 0.0449. The van der Waals surface area contributed by atoms with Crippen molar-refractivity contribution in [1.29, 1.82) is 0 Å². The van der Waals surface area contributed by atoms with E-state index in [1.807, 2.05) is 55.5 Å². The van der Waals surface area contributed by atoms with E-state index in [0.29, 0.717) is 16.5 Å². The van der Waals surface area contributed by atoms with Crippen molar-refractivity contribution in [1.82, 2.24) is 0 Å². The Hall–Kier alpha value is -1.65. The highest BCUT2D eigenvalue weighted by Crippen LogP contribution is 2.25. The standard InChI is InChI=1S/C17H18ClNO2S/c1-12(22-11-13-6-5-7-14(18)10-13)17(20)19-15-8-3-4-9-16(15)21-2/h3-10,12H,11H2,1-2H3,(H,19,20). The number of methoxy groups -OCH3 is 1. The van der Waals surface area contributed by atoms with Crippen LogP contribution in [0.3, 0.4) is 0 Å². The molecule has 0 aliphatic heterocycles. The number of halogens is 1. The third-order valence-electron chi connectivity index (χ3n) is 3.12. The molecular weight excluding hydrogens is 318 g/mol. The van der Waals surface area contributed by atoms with Gasteiger partial charge in [-0.05, 0) is 36.8 Å². The van der Waals surface area contributed by atoms with Gasteiger partial charge >= 0.3 is 0 Å². The first-order valence-electron chi connectivity index (χ1n) is 6.90. The van der Waals surface area contributed by atoms with E-state index in [-0.39, 0.29) is 11.2 Å². The fourth-order valence-electron chi connectivity index (χ4n) is 1.91. The fraction of sp³-hybridized carbons (Fsp3) is 0.235. The molecule has 5 heteroatoms. The predicted molar refractivity (Wildman–Crippen MR) is 93.8 cm³/mol. The molecule has 0 saturated heterocycles. The Morgan fingerprint density at radius 1 is 1.27 bits per heavy atom. The van der Waals surface area contributed by atoms with Gasteiger partial charge in [-0.3, -0.25) is 4.79 Å². The van der Waals surface area contributed by atoms with Crippen molar-refractivity contribution in [3.8, 4) is 5.75 Å². The molecule has 1 unspecified atom stereocenters. The molecule has 0 saturated carbocycles. The normalized spacial score (nSPS) is 11.8. The summed E-state index contributed by atoms with van der Waals surface area (Å²) in [6.45, 7) is 1.89. The van der Waals surface area contributed by atoms with Crippen LogP contribution in [-0.4, -0.2) is 18.3 Å². The van der Waals surface area contributed by atoms with Crippen molar-refractivity contribution in [2.75, 3.05) is 12.4 Å². The van der Waals surface area contributed by atoms with Crippen LogP contribution in [0, 0.1) is 0 Å². The largest absolute Gasteiger partial charge is 0.495 e. The summed E-state index contributed by atoms with van der Waals surface area (Å²) >= 11 is 7.53. The summed E-state index contributed by atoms with van der Waals surface area (Å²) < 4.78 is 5.23. The van der Waals surface area contributed by atoms with E-state index < -0.39 is 0 Å². The second-order valence-corrected chi connectivity index (χ2v) is 6.54. The van der Waals surface area contributed by atoms with E-state index in [0.717, 1.165) is 11.3 Å². The van der Waals surface area contributed by atoms with E-state index in [4.69, 9.17) is 16.3 Å². The monoisotopic (exact) mass is 335 g/mol. The molecule has 1 atom stereocenters. The van der Waals surface area contributed by atoms with Crippen LogP contribution in [0.25, 0.3) is 0 Å². The molecule has 1 N–H and O–H groups in total. The molecule has 0 radical (unpaired) electrons. The van der Waals surface area contributed by atoms with E-state index >= 15 is 0 Å². The van der Waals surface area contributed by atoms with Gasteiger partial charge in [0.25, 0.3) is 0 Å². The first kappa shape index (κ1) is 16.7. The number of ether oxygens (including phenoxy) is 1. The summed E-state index contributed by atoms with van der Waals surface area (Å²) in [6, 6.07) is 15.0. The Morgan fingerprint density at radius 2 is 2.05 bits per heavy atom. The minimum atomic E-state index is -0.177. The number of anilines is 1. The molecule has 1 amide bonds. The van der Waals surface area contributed by atoms with Gasteiger partial charge in [0.15, 0.2) is 0 Å². The molecule has 0 aliphatic rings. The van der Waals surface area contributed by atoms with Crippen LogP contribution in [0.2, 0.25) is 5.02 Å². The summed E-state index contributed by atoms with van der Waals surface area (Å²) in [6.07, 6.45) is 0. The van der Waals surface area contributed by atoms with Crippen molar-refractivity contribution < 1.29 is 9.53 Å². The maximum atomic E-state index is 12.3. The number of benzene rings is 2. The van der Waals surface area contributed by atoms with Crippen LogP contribution in [-0.2, 0) is 10.5 Å². The van der Waals surface area contributed by atoms with Crippen LogP contribution in [0.4, 0.5) is 5.69 Å². The van der Waals surface area contributed by atoms with Gasteiger partial charge in [0.2, 0.25) is 5.91 Å². The summed E-state index contributed by atoms with van der Waals surface area (Å²) in [4.78, 5) is 12.3. The Morgan fingerprint density at radius 3 is 2.77 bits per heavy atom. The summed E-state index contributed by atoms with van der Waals surface area (Å²) in [5, 5.41) is 3.43. The summed E-state index contributed by atoms with van der Waals surface area (Å²) in [7, 11) is 1.59. The van der Waals surface area contributed by atoms with E-state index in [2.05, 4.69) is 5.32 Å². The molecule has 0 spiro atoms. The van der Waals surface area contributed by atoms with Gasteiger partial charge in [-0.1, -0.05) is 35.9 Å². The van der Waals surface area contributed by atoms with Crippen LogP contribution < -0.4 is 10.1 Å². The van der Waals surface area contributed by atoms with Crippen LogP contribution >= 0.6 is 23.4 Å². The second-order valence-electron chi connectivity index (χ2n) is 4.77. The maximum absolute atomic E-state index is 12.3. The van der Waals surface area contributed by atoms with Gasteiger partial charge in [0.1, 0.15) is 5.75 Å². The number of nitrogens with one attached hydrogen (secondary N) is 1. The molecule has 0 bridgehead atoms. The zero-order chi connectivity index (χ0) is 15.9. The minimum Gasteiger partial charge on any atom is -0.495 e. The quantitative estimate of drug-likeness (QED) is 0.837. The van der Waals surface area contributed by atoms with E-state index in [1.54, 1.807) is 18.9 Å². The van der Waals surface area contributed by atoms with Crippen LogP contribution in [0.1, 0.15) is 12.5 Å². The van der Waals surface area contributed by atoms with Gasteiger partial charge in [-0.25, -0.2) is 0 Å². The second kappa shape index (κ2) is 8.11. The van der Waals surface area contributed by atoms with Crippen LogP contribution in [0.15, 0.2) is 48.5 Å². The molecule has 2 aromatic rings. The predicted octanol–water partition coefficient (Wildman–Crippen LogP) is 4.61. The zero-order valence-corrected chi connectivity index (χ0v) is 14.1. The third kappa shape index (κ3) is 4.68. The lowest BCUT2D eigenvalue weighted by Crippen LogP contribution is -2.22. The Labute approximate surface area is 140 Å². The highest BCUT2D eigenvalue weighted by Gasteiger charge is 2.15. The first-order valence-corrected chi connectivity index (χ1v) is 8.32. The Balaban J connectivity index is 1.92. The Bertz CT molecular complexity index is 648. The number of hydrogen-bond acceptors (Lipinski definition) is 3. The number of carbonyl (C=O) groups excluding carboxylic acids is 1. The zero-order valence-electron chi connectivity index (χ0n) is 12.5. The van der Waals surface area contributed by atoms with Crippen molar-refractivity contribution >= 4 is 35.0 Å². The van der Waals surface area contributed by atoms with Gasteiger partial charge in [-0.15, -0.1) is 11.8 Å². The lowest BCUT2D eigenvalue weighted by molar-refractivity contribution is -0.115. The molecule has 3 nitrogen and oxygen atoms in total. The van der Waals surface area contributed by atoms with Crippen molar-refractivity contribution in [2.45, 2.75) is 17.9 Å². The summed E-state index contributed by atoms with van der Waals surface area (Å²) in [5.74, 6) is 1.35. The number of thioether (sulfide) groups is 1. The molecule has 116 valence electrons. The lowest BCUT2D eigenvalue weighted by Gasteiger charge is -2.14. The maximum Gasteiger partial charge on any atom is 0.237 e. The molecule has 2 aromatic carbocycles. The van der Waals surface area contributed by atoms with Gasteiger partial charge < -0.3 is 10.1 Å². The number of rotatable bonds is 6. The Kier molecular flexibility index (Phi) is 6.16. The van der Waals surface area contributed by atoms with Gasteiger partial charge in [0.05, 0.1) is 18.0 Å². The molecule has 0 fully saturated rings. The van der Waals surface area contributed by atoms with Gasteiger partial charge in [0, 0.05) is 10.8 Å². The van der Waals surface area contributed by atoms with E-state index in [1.165, 1.54) is 0 Å². The smallest absolute Gasteiger partial charge is 0.237 e. The topological polar surface area (TPSA) is 38.3 Å². The van der Waals surface area contributed by atoms with Crippen molar-refractivity contribution in [3.05, 3.63) is 59.1 Å². The number of para-hydroxylation sites is 2. The number of amides is 1. The molecule has 0 aromatic heterocycles. The van der Waals surface area contributed by atoms with Gasteiger partial charge in [-0.2, -0.15) is 0 Å². The fourth-order valence-corrected chi connectivity index (χ4v) is 2.95. The van der Waals surface area contributed by atoms with Crippen molar-refractivity contribution in [2.24, 2.45) is 0 Å². The molecule has 22 heavy (non-hydrogen) atoms. The average Bonchev–Trinajstić information content (AvgIpc) is 2.53. The SMILES string of the molecule is COc1ccccc1NC(=O)C(C)SCc1cccc(Cl)c1. The molecule has 0 heterocycles. The van der Waals surface area contributed by atoms with E-state index in [9.17, 15) is 4.79 Å². The number of hydrogen-bond donors (Lipinski definition) is 1. The molecular formula is C17H18ClNO2S. The average molecular weight is 336 g/mol. The summed E-state index contributed by atoms with van der Waals surface area (Å²) in [5.41, 5.74) is 1.79. The highest BCUT2D eigenvalue weighted by atomic mass is 35.5. The molecule has 0 aliphatic carbocycles. The molecule has 2 rings (SSSR count). The third-order valence-corrected chi connectivity index (χ3v) is 4.57. The van der Waals surface area contributed by atoms with Crippen molar-refractivity contribution in [3.63, 3.8) is 0 Å². The number of carbonyl (C=O) groups is 1.